The van der Waals surface area contributed by atoms with E-state index in [1.165, 1.54) is 6.26 Å². The molecule has 0 unspecified atom stereocenters. The molecule has 5 nitrogen and oxygen atoms in total. The normalized spacial score (nSPS) is 14.8. The molecule has 1 aromatic heterocycles. The number of hydrogen-bond donors (Lipinski definition) is 1. The molecule has 2 rings (SSSR count). The van der Waals surface area contributed by atoms with Gasteiger partial charge in [0.15, 0.2) is 0 Å². The zero-order valence-electron chi connectivity index (χ0n) is 8.06. The van der Waals surface area contributed by atoms with Gasteiger partial charge in [-0.1, -0.05) is 0 Å². The number of amides is 1. The average molecular weight is 209 g/mol. The van der Waals surface area contributed by atoms with Gasteiger partial charge in [-0.2, -0.15) is 0 Å². The van der Waals surface area contributed by atoms with Gasteiger partial charge < -0.3 is 19.2 Å². The van der Waals surface area contributed by atoms with Crippen LogP contribution in [0.25, 0.3) is 0 Å². The van der Waals surface area contributed by atoms with Crippen molar-refractivity contribution < 1.29 is 18.7 Å². The molecule has 0 aromatic carbocycles. The van der Waals surface area contributed by atoms with E-state index < -0.39 is 0 Å². The first-order valence-corrected chi connectivity index (χ1v) is 4.61. The number of rotatable bonds is 3. The number of furan rings is 1. The van der Waals surface area contributed by atoms with Gasteiger partial charge in [0.1, 0.15) is 25.2 Å². The standard InChI is InChI=1S/C10H11NO4/c12-10(9-7-13-4-5-15-9)11-6-8-2-1-3-14-8/h1-3,7H,4-6H2,(H,11,12). The molecule has 1 aliphatic rings. The van der Waals surface area contributed by atoms with Crippen LogP contribution in [0.1, 0.15) is 5.76 Å². The largest absolute Gasteiger partial charge is 0.494 e. The molecule has 0 fully saturated rings. The lowest BCUT2D eigenvalue weighted by molar-refractivity contribution is -0.122. The molecule has 0 spiro atoms. The van der Waals surface area contributed by atoms with Crippen molar-refractivity contribution >= 4 is 5.91 Å². The second-order valence-corrected chi connectivity index (χ2v) is 2.96. The Labute approximate surface area is 86.7 Å². The molecule has 2 heterocycles. The van der Waals surface area contributed by atoms with E-state index in [0.717, 1.165) is 0 Å². The average Bonchev–Trinajstić information content (AvgIpc) is 2.80. The molecule has 0 bridgehead atoms. The molecule has 1 N–H and O–H groups in total. The Bertz CT molecular complexity index is 356. The van der Waals surface area contributed by atoms with E-state index in [-0.39, 0.29) is 11.7 Å². The summed E-state index contributed by atoms with van der Waals surface area (Å²) in [6, 6.07) is 3.55. The van der Waals surface area contributed by atoms with Crippen LogP contribution in [-0.2, 0) is 20.8 Å². The van der Waals surface area contributed by atoms with E-state index in [1.807, 2.05) is 0 Å². The molecule has 0 aliphatic carbocycles. The van der Waals surface area contributed by atoms with Crippen molar-refractivity contribution in [3.05, 3.63) is 36.2 Å². The number of nitrogens with one attached hydrogen (secondary N) is 1. The third kappa shape index (κ3) is 2.52. The maximum Gasteiger partial charge on any atom is 0.290 e. The highest BCUT2D eigenvalue weighted by molar-refractivity contribution is 5.91. The summed E-state index contributed by atoms with van der Waals surface area (Å²) in [6.07, 6.45) is 2.88. The van der Waals surface area contributed by atoms with Crippen LogP contribution < -0.4 is 5.32 Å². The summed E-state index contributed by atoms with van der Waals surface area (Å²) >= 11 is 0. The summed E-state index contributed by atoms with van der Waals surface area (Å²) in [5.74, 6) is 0.597. The number of ether oxygens (including phenoxy) is 2. The summed E-state index contributed by atoms with van der Waals surface area (Å²) in [4.78, 5) is 11.5. The first kappa shape index (κ1) is 9.64. The summed E-state index contributed by atoms with van der Waals surface area (Å²) in [5.41, 5.74) is 0. The molecule has 0 saturated carbocycles. The maximum atomic E-state index is 11.5. The van der Waals surface area contributed by atoms with Crippen LogP contribution in [0, 0.1) is 0 Å². The molecule has 15 heavy (non-hydrogen) atoms. The van der Waals surface area contributed by atoms with Crippen LogP contribution in [0.4, 0.5) is 0 Å². The molecule has 0 atom stereocenters. The monoisotopic (exact) mass is 209 g/mol. The summed E-state index contributed by atoms with van der Waals surface area (Å²) < 4.78 is 15.1. The molecule has 5 heteroatoms. The minimum Gasteiger partial charge on any atom is -0.494 e. The molecule has 0 saturated heterocycles. The summed E-state index contributed by atoms with van der Waals surface area (Å²) in [6.45, 7) is 1.22. The zero-order valence-corrected chi connectivity index (χ0v) is 8.06. The Morgan fingerprint density at radius 3 is 3.07 bits per heavy atom. The third-order valence-corrected chi connectivity index (χ3v) is 1.88. The van der Waals surface area contributed by atoms with E-state index in [2.05, 4.69) is 5.32 Å². The predicted molar refractivity (Wildman–Crippen MR) is 50.5 cm³/mol. The lowest BCUT2D eigenvalue weighted by atomic mass is 10.4. The van der Waals surface area contributed by atoms with E-state index >= 15 is 0 Å². The van der Waals surface area contributed by atoms with Crippen molar-refractivity contribution in [2.75, 3.05) is 13.2 Å². The van der Waals surface area contributed by atoms with Gasteiger partial charge in [-0.3, -0.25) is 4.79 Å². The molecule has 1 aromatic rings. The number of carbonyl (C=O) groups excluding carboxylic acids is 1. The lowest BCUT2D eigenvalue weighted by Crippen LogP contribution is -2.27. The van der Waals surface area contributed by atoms with E-state index in [0.29, 0.717) is 25.5 Å². The smallest absolute Gasteiger partial charge is 0.290 e. The van der Waals surface area contributed by atoms with Crippen LogP contribution >= 0.6 is 0 Å². The quantitative estimate of drug-likeness (QED) is 0.799. The number of carbonyl (C=O) groups is 1. The number of hydrogen-bond acceptors (Lipinski definition) is 4. The second-order valence-electron chi connectivity index (χ2n) is 2.96. The Morgan fingerprint density at radius 2 is 2.40 bits per heavy atom. The fourth-order valence-electron chi connectivity index (χ4n) is 1.16. The van der Waals surface area contributed by atoms with E-state index in [1.54, 1.807) is 18.4 Å². The Hall–Kier alpha value is -1.91. The highest BCUT2D eigenvalue weighted by atomic mass is 16.6. The maximum absolute atomic E-state index is 11.5. The molecular weight excluding hydrogens is 198 g/mol. The first-order valence-electron chi connectivity index (χ1n) is 4.61. The Morgan fingerprint density at radius 1 is 1.47 bits per heavy atom. The molecule has 0 radical (unpaired) electrons. The van der Waals surface area contributed by atoms with E-state index in [4.69, 9.17) is 13.9 Å². The van der Waals surface area contributed by atoms with Crippen LogP contribution in [0.2, 0.25) is 0 Å². The summed E-state index contributed by atoms with van der Waals surface area (Å²) in [7, 11) is 0. The third-order valence-electron chi connectivity index (χ3n) is 1.88. The van der Waals surface area contributed by atoms with Gasteiger partial charge in [0.25, 0.3) is 5.91 Å². The fourth-order valence-corrected chi connectivity index (χ4v) is 1.16. The van der Waals surface area contributed by atoms with Gasteiger partial charge in [0.05, 0.1) is 12.8 Å². The minimum absolute atomic E-state index is 0.202. The molecule has 1 amide bonds. The van der Waals surface area contributed by atoms with Crippen LogP contribution in [-0.4, -0.2) is 19.1 Å². The highest BCUT2D eigenvalue weighted by Crippen LogP contribution is 2.05. The van der Waals surface area contributed by atoms with Crippen molar-refractivity contribution in [3.8, 4) is 0 Å². The van der Waals surface area contributed by atoms with Gasteiger partial charge in [0, 0.05) is 0 Å². The van der Waals surface area contributed by atoms with Gasteiger partial charge in [-0.25, -0.2) is 0 Å². The van der Waals surface area contributed by atoms with E-state index in [9.17, 15) is 4.79 Å². The van der Waals surface area contributed by atoms with Crippen molar-refractivity contribution in [2.24, 2.45) is 0 Å². The highest BCUT2D eigenvalue weighted by Gasteiger charge is 2.14. The summed E-state index contributed by atoms with van der Waals surface area (Å²) in [5, 5.41) is 2.65. The lowest BCUT2D eigenvalue weighted by Gasteiger charge is -2.14. The van der Waals surface area contributed by atoms with Crippen LogP contribution in [0.3, 0.4) is 0 Å². The zero-order chi connectivity index (χ0) is 10.5. The second kappa shape index (κ2) is 4.54. The van der Waals surface area contributed by atoms with Gasteiger partial charge in [-0.15, -0.1) is 0 Å². The Kier molecular flexibility index (Phi) is 2.92. The first-order chi connectivity index (χ1) is 7.36. The molecule has 1 aliphatic heterocycles. The predicted octanol–water partition coefficient (Wildman–Crippen LogP) is 0.784. The van der Waals surface area contributed by atoms with Crippen molar-refractivity contribution in [1.82, 2.24) is 5.32 Å². The van der Waals surface area contributed by atoms with Gasteiger partial charge in [0.2, 0.25) is 5.76 Å². The van der Waals surface area contributed by atoms with Crippen LogP contribution in [0.5, 0.6) is 0 Å². The minimum atomic E-state index is -0.300. The van der Waals surface area contributed by atoms with Crippen molar-refractivity contribution in [1.29, 1.82) is 0 Å². The van der Waals surface area contributed by atoms with Crippen LogP contribution in [0.15, 0.2) is 34.8 Å². The van der Waals surface area contributed by atoms with Crippen molar-refractivity contribution in [2.45, 2.75) is 6.54 Å². The van der Waals surface area contributed by atoms with Gasteiger partial charge >= 0.3 is 0 Å². The van der Waals surface area contributed by atoms with Gasteiger partial charge in [-0.05, 0) is 12.1 Å². The fraction of sp³-hybridized carbons (Fsp3) is 0.300. The Balaban J connectivity index is 1.84. The van der Waals surface area contributed by atoms with Crippen molar-refractivity contribution in [3.63, 3.8) is 0 Å². The SMILES string of the molecule is O=C(NCc1ccco1)C1=COCCO1. The molecule has 80 valence electrons. The molecular formula is C10H11NO4. The topological polar surface area (TPSA) is 60.7 Å².